The number of ether oxygens (including phenoxy) is 1. The van der Waals surface area contributed by atoms with Gasteiger partial charge in [0.1, 0.15) is 6.61 Å². The summed E-state index contributed by atoms with van der Waals surface area (Å²) in [6, 6.07) is 11.3. The number of carbonyl (C=O) groups is 3. The third-order valence-electron chi connectivity index (χ3n) is 5.57. The average Bonchev–Trinajstić information content (AvgIpc) is 3.08. The molecule has 32 heavy (non-hydrogen) atoms. The standard InChI is InChI=1S/C27H29NO4/c1-3-5-7-10-19-14-15-22(20(16-19)11-8-6-4-2)18-32-24(29)17-21-12-9-13-23-25(21)27(31)28-26(23)30/h3-4,9,12-16H,1-2,5-8,10-11,17-18H2,(H,28,30,31). The molecule has 2 amide bonds. The van der Waals surface area contributed by atoms with E-state index >= 15 is 0 Å². The summed E-state index contributed by atoms with van der Waals surface area (Å²) in [5.41, 5.74) is 4.51. The fraction of sp³-hybridized carbons (Fsp3) is 0.296. The van der Waals surface area contributed by atoms with Crippen LogP contribution in [0.25, 0.3) is 0 Å². The van der Waals surface area contributed by atoms with E-state index in [-0.39, 0.29) is 18.6 Å². The first kappa shape index (κ1) is 23.2. The Hall–Kier alpha value is -3.47. The van der Waals surface area contributed by atoms with Crippen molar-refractivity contribution in [2.75, 3.05) is 0 Å². The van der Waals surface area contributed by atoms with Crippen molar-refractivity contribution >= 4 is 17.8 Å². The summed E-state index contributed by atoms with van der Waals surface area (Å²) in [5.74, 6) is -1.33. The molecule has 0 aliphatic carbocycles. The molecule has 1 aliphatic rings. The largest absolute Gasteiger partial charge is 0.461 e. The lowest BCUT2D eigenvalue weighted by Gasteiger charge is -2.13. The number of hydrogen-bond acceptors (Lipinski definition) is 4. The average molecular weight is 432 g/mol. The minimum absolute atomic E-state index is 0.0602. The second kappa shape index (κ2) is 11.2. The molecule has 5 heteroatoms. The van der Waals surface area contributed by atoms with Crippen molar-refractivity contribution in [1.29, 1.82) is 0 Å². The Balaban J connectivity index is 1.67. The highest BCUT2D eigenvalue weighted by atomic mass is 16.5. The number of esters is 1. The molecule has 1 heterocycles. The molecule has 0 aromatic heterocycles. The van der Waals surface area contributed by atoms with E-state index in [0.717, 1.165) is 44.1 Å². The van der Waals surface area contributed by atoms with Crippen molar-refractivity contribution in [1.82, 2.24) is 5.32 Å². The first-order valence-electron chi connectivity index (χ1n) is 11.0. The zero-order chi connectivity index (χ0) is 22.9. The lowest BCUT2D eigenvalue weighted by molar-refractivity contribution is -0.144. The lowest BCUT2D eigenvalue weighted by Crippen LogP contribution is -2.20. The second-order valence-electron chi connectivity index (χ2n) is 7.93. The molecule has 0 saturated carbocycles. The molecule has 3 rings (SSSR count). The Bertz CT molecular complexity index is 1040. The third-order valence-corrected chi connectivity index (χ3v) is 5.57. The van der Waals surface area contributed by atoms with Gasteiger partial charge in [-0.1, -0.05) is 42.5 Å². The second-order valence-corrected chi connectivity index (χ2v) is 7.93. The number of unbranched alkanes of at least 4 members (excludes halogenated alkanes) is 2. The molecule has 0 saturated heterocycles. The van der Waals surface area contributed by atoms with Gasteiger partial charge in [-0.05, 0) is 66.8 Å². The van der Waals surface area contributed by atoms with Gasteiger partial charge in [0, 0.05) is 0 Å². The number of carbonyl (C=O) groups excluding carboxylic acids is 3. The van der Waals surface area contributed by atoms with Crippen LogP contribution >= 0.6 is 0 Å². The van der Waals surface area contributed by atoms with Crippen LogP contribution in [0.3, 0.4) is 0 Å². The molecule has 2 aromatic carbocycles. The zero-order valence-electron chi connectivity index (χ0n) is 18.3. The maximum absolute atomic E-state index is 12.5. The monoisotopic (exact) mass is 431 g/mol. The molecule has 1 aliphatic heterocycles. The van der Waals surface area contributed by atoms with Gasteiger partial charge in [-0.15, -0.1) is 13.2 Å². The summed E-state index contributed by atoms with van der Waals surface area (Å²) in [6.45, 7) is 7.74. The van der Waals surface area contributed by atoms with Gasteiger partial charge in [0.25, 0.3) is 11.8 Å². The van der Waals surface area contributed by atoms with E-state index in [1.54, 1.807) is 18.2 Å². The van der Waals surface area contributed by atoms with Crippen LogP contribution in [0.15, 0.2) is 61.7 Å². The minimum atomic E-state index is -0.468. The highest BCUT2D eigenvalue weighted by Gasteiger charge is 2.29. The fourth-order valence-corrected chi connectivity index (χ4v) is 3.90. The molecule has 0 bridgehead atoms. The number of aryl methyl sites for hydroxylation is 2. The number of imide groups is 1. The summed E-state index contributed by atoms with van der Waals surface area (Å²) in [7, 11) is 0. The Kier molecular flexibility index (Phi) is 8.14. The molecule has 2 aromatic rings. The Morgan fingerprint density at radius 2 is 1.66 bits per heavy atom. The molecule has 0 unspecified atom stereocenters. The van der Waals surface area contributed by atoms with E-state index in [0.29, 0.717) is 11.1 Å². The van der Waals surface area contributed by atoms with Crippen LogP contribution in [0.5, 0.6) is 0 Å². The number of allylic oxidation sites excluding steroid dienone is 2. The number of benzene rings is 2. The number of amides is 2. The number of rotatable bonds is 12. The lowest BCUT2D eigenvalue weighted by atomic mass is 9.97. The number of hydrogen-bond donors (Lipinski definition) is 1. The van der Waals surface area contributed by atoms with Gasteiger partial charge in [-0.3, -0.25) is 19.7 Å². The normalized spacial score (nSPS) is 12.2. The third kappa shape index (κ3) is 5.82. The van der Waals surface area contributed by atoms with Crippen LogP contribution in [-0.2, 0) is 35.4 Å². The van der Waals surface area contributed by atoms with Gasteiger partial charge in [-0.25, -0.2) is 0 Å². The number of nitrogens with one attached hydrogen (secondary N) is 1. The molecular formula is C27H29NO4. The van der Waals surface area contributed by atoms with Crippen molar-refractivity contribution in [3.63, 3.8) is 0 Å². The summed E-state index contributed by atoms with van der Waals surface area (Å²) >= 11 is 0. The van der Waals surface area contributed by atoms with E-state index in [2.05, 4.69) is 30.6 Å². The first-order valence-corrected chi connectivity index (χ1v) is 11.0. The van der Waals surface area contributed by atoms with E-state index in [1.165, 1.54) is 11.1 Å². The van der Waals surface area contributed by atoms with Gasteiger partial charge in [0.05, 0.1) is 17.5 Å². The van der Waals surface area contributed by atoms with E-state index in [4.69, 9.17) is 4.74 Å². The van der Waals surface area contributed by atoms with Gasteiger partial charge in [0.2, 0.25) is 0 Å². The molecule has 166 valence electrons. The molecule has 0 radical (unpaired) electrons. The number of fused-ring (bicyclic) bond motifs is 1. The van der Waals surface area contributed by atoms with Crippen molar-refractivity contribution in [3.05, 3.63) is 95.1 Å². The Labute approximate surface area is 189 Å². The maximum atomic E-state index is 12.5. The fourth-order valence-electron chi connectivity index (χ4n) is 3.90. The van der Waals surface area contributed by atoms with Gasteiger partial charge >= 0.3 is 5.97 Å². The molecule has 0 atom stereocenters. The summed E-state index contributed by atoms with van der Waals surface area (Å²) < 4.78 is 5.55. The Morgan fingerprint density at radius 1 is 0.906 bits per heavy atom. The van der Waals surface area contributed by atoms with Gasteiger partial charge in [0.15, 0.2) is 0 Å². The quantitative estimate of drug-likeness (QED) is 0.225. The minimum Gasteiger partial charge on any atom is -0.461 e. The molecule has 5 nitrogen and oxygen atoms in total. The van der Waals surface area contributed by atoms with Crippen LogP contribution in [0.2, 0.25) is 0 Å². The van der Waals surface area contributed by atoms with Crippen LogP contribution in [0, 0.1) is 0 Å². The summed E-state index contributed by atoms with van der Waals surface area (Å²) in [6.07, 6.45) is 9.62. The smallest absolute Gasteiger partial charge is 0.310 e. The molecular weight excluding hydrogens is 402 g/mol. The van der Waals surface area contributed by atoms with Crippen LogP contribution in [0.4, 0.5) is 0 Å². The topological polar surface area (TPSA) is 72.5 Å². The predicted molar refractivity (Wildman–Crippen MR) is 124 cm³/mol. The molecule has 0 fully saturated rings. The first-order chi connectivity index (χ1) is 15.5. The predicted octanol–water partition coefficient (Wildman–Crippen LogP) is 4.87. The SMILES string of the molecule is C=CCCCc1ccc(COC(=O)Cc2cccc3c2C(=O)NC3=O)c(CCCC=C)c1. The Morgan fingerprint density at radius 3 is 2.41 bits per heavy atom. The van der Waals surface area contributed by atoms with Crippen LogP contribution < -0.4 is 5.32 Å². The van der Waals surface area contributed by atoms with Crippen molar-refractivity contribution in [2.45, 2.75) is 51.6 Å². The van der Waals surface area contributed by atoms with Crippen molar-refractivity contribution < 1.29 is 19.1 Å². The highest BCUT2D eigenvalue weighted by molar-refractivity contribution is 6.22. The maximum Gasteiger partial charge on any atom is 0.310 e. The van der Waals surface area contributed by atoms with Crippen LogP contribution in [-0.4, -0.2) is 17.8 Å². The van der Waals surface area contributed by atoms with E-state index in [1.807, 2.05) is 18.2 Å². The summed E-state index contributed by atoms with van der Waals surface area (Å²) in [5, 5.41) is 2.27. The van der Waals surface area contributed by atoms with Gasteiger partial charge < -0.3 is 4.74 Å². The van der Waals surface area contributed by atoms with E-state index < -0.39 is 17.8 Å². The van der Waals surface area contributed by atoms with E-state index in [9.17, 15) is 14.4 Å². The highest BCUT2D eigenvalue weighted by Crippen LogP contribution is 2.22. The van der Waals surface area contributed by atoms with Crippen molar-refractivity contribution in [3.8, 4) is 0 Å². The van der Waals surface area contributed by atoms with Gasteiger partial charge in [-0.2, -0.15) is 0 Å². The molecule has 0 spiro atoms. The van der Waals surface area contributed by atoms with Crippen LogP contribution in [0.1, 0.15) is 68.7 Å². The zero-order valence-corrected chi connectivity index (χ0v) is 18.3. The van der Waals surface area contributed by atoms with Crippen molar-refractivity contribution in [2.24, 2.45) is 0 Å². The molecule has 1 N–H and O–H groups in total. The summed E-state index contributed by atoms with van der Waals surface area (Å²) in [4.78, 5) is 36.4.